The third kappa shape index (κ3) is 3.06. The van der Waals surface area contributed by atoms with E-state index in [0.29, 0.717) is 5.92 Å². The number of aliphatic imine (C=N–C) groups is 1. The Bertz CT molecular complexity index is 772. The first kappa shape index (κ1) is 15.3. The Balaban J connectivity index is 1.87. The van der Waals surface area contributed by atoms with Crippen LogP contribution in [0, 0.1) is 5.92 Å². The van der Waals surface area contributed by atoms with Crippen molar-refractivity contribution in [3.05, 3.63) is 53.1 Å². The molecule has 2 aromatic rings. The number of rotatable bonds is 1. The summed E-state index contributed by atoms with van der Waals surface area (Å²) in [4.78, 5) is 9.97. The van der Waals surface area contributed by atoms with Crippen LogP contribution in [-0.4, -0.2) is 30.7 Å². The molecule has 1 saturated heterocycles. The molecule has 0 N–H and O–H groups in total. The predicted molar refractivity (Wildman–Crippen MR) is 98.4 cm³/mol. The summed E-state index contributed by atoms with van der Waals surface area (Å²) in [7, 11) is 2.20. The summed E-state index contributed by atoms with van der Waals surface area (Å²) in [6, 6.07) is 14.6. The van der Waals surface area contributed by atoms with E-state index in [1.165, 1.54) is 40.5 Å². The number of hydrogen-bond donors (Lipinski definition) is 0. The van der Waals surface area contributed by atoms with E-state index in [2.05, 4.69) is 48.3 Å². The van der Waals surface area contributed by atoms with Gasteiger partial charge in [-0.05, 0) is 56.8 Å². The fourth-order valence-electron chi connectivity index (χ4n) is 3.44. The zero-order chi connectivity index (χ0) is 15.8. The lowest BCUT2D eigenvalue weighted by Gasteiger charge is -2.31. The molecule has 2 aliphatic rings. The van der Waals surface area contributed by atoms with E-state index in [9.17, 15) is 0 Å². The van der Waals surface area contributed by atoms with Gasteiger partial charge < -0.3 is 4.90 Å². The maximum Gasteiger partial charge on any atom is 0.0772 e. The minimum absolute atomic E-state index is 0.470. The lowest BCUT2D eigenvalue weighted by Crippen LogP contribution is -2.36. The molecule has 23 heavy (non-hydrogen) atoms. The molecule has 0 aromatic heterocycles. The van der Waals surface area contributed by atoms with Gasteiger partial charge in [-0.2, -0.15) is 0 Å². The number of piperidine rings is 1. The van der Waals surface area contributed by atoms with Crippen molar-refractivity contribution in [2.75, 3.05) is 20.1 Å². The normalized spacial score (nSPS) is 21.1. The molecule has 0 aliphatic carbocycles. The third-order valence-electron chi connectivity index (χ3n) is 4.55. The minimum atomic E-state index is 0.470. The van der Waals surface area contributed by atoms with Gasteiger partial charge in [-0.15, -0.1) is 0 Å². The number of para-hydroxylation sites is 1. The largest absolute Gasteiger partial charge is 0.306 e. The summed E-state index contributed by atoms with van der Waals surface area (Å²) < 4.78 is 0. The van der Waals surface area contributed by atoms with Crippen molar-refractivity contribution in [2.45, 2.75) is 22.6 Å². The van der Waals surface area contributed by atoms with Crippen LogP contribution in [0.5, 0.6) is 0 Å². The molecule has 0 saturated carbocycles. The van der Waals surface area contributed by atoms with Crippen LogP contribution in [0.4, 0.5) is 5.69 Å². The van der Waals surface area contributed by atoms with E-state index in [1.54, 1.807) is 11.8 Å². The lowest BCUT2D eigenvalue weighted by atomic mass is 9.89. The van der Waals surface area contributed by atoms with Crippen molar-refractivity contribution in [3.8, 4) is 0 Å². The molecule has 0 spiro atoms. The number of nitrogens with zero attached hydrogens (tertiary/aromatic N) is 2. The van der Waals surface area contributed by atoms with Crippen molar-refractivity contribution in [1.82, 2.24) is 4.90 Å². The Morgan fingerprint density at radius 1 is 1.17 bits per heavy atom. The standard InChI is InChI=1S/C19H19ClN2S/c1-22-10-4-5-13(12-22)19-15-11-14(20)8-9-17(15)23-18-7-3-2-6-16(18)21-19/h2-3,6-9,11,13H,4-5,10,12H2,1H3. The first-order valence-electron chi connectivity index (χ1n) is 8.04. The van der Waals surface area contributed by atoms with Gasteiger partial charge in [-0.3, -0.25) is 4.99 Å². The van der Waals surface area contributed by atoms with Gasteiger partial charge in [0.15, 0.2) is 0 Å². The lowest BCUT2D eigenvalue weighted by molar-refractivity contribution is 0.247. The average molecular weight is 343 g/mol. The Morgan fingerprint density at radius 2 is 2.04 bits per heavy atom. The summed E-state index contributed by atoms with van der Waals surface area (Å²) in [6.07, 6.45) is 2.42. The van der Waals surface area contributed by atoms with Gasteiger partial charge in [0.25, 0.3) is 0 Å². The summed E-state index contributed by atoms with van der Waals surface area (Å²) in [5.41, 5.74) is 3.48. The highest BCUT2D eigenvalue weighted by molar-refractivity contribution is 7.99. The molecular formula is C19H19ClN2S. The fourth-order valence-corrected chi connectivity index (χ4v) is 4.62. The molecule has 0 bridgehead atoms. The summed E-state index contributed by atoms with van der Waals surface area (Å²) in [6.45, 7) is 2.25. The SMILES string of the molecule is CN1CCCC(C2=Nc3ccccc3Sc3ccc(Cl)cc32)C1. The molecule has 4 rings (SSSR count). The molecule has 1 fully saturated rings. The van der Waals surface area contributed by atoms with Crippen LogP contribution in [0.2, 0.25) is 5.02 Å². The van der Waals surface area contributed by atoms with Crippen LogP contribution >= 0.6 is 23.4 Å². The van der Waals surface area contributed by atoms with Crippen molar-refractivity contribution in [1.29, 1.82) is 0 Å². The van der Waals surface area contributed by atoms with Gasteiger partial charge in [0, 0.05) is 32.8 Å². The van der Waals surface area contributed by atoms with Crippen molar-refractivity contribution in [3.63, 3.8) is 0 Å². The van der Waals surface area contributed by atoms with Gasteiger partial charge in [-0.25, -0.2) is 0 Å². The molecule has 0 radical (unpaired) electrons. The van der Waals surface area contributed by atoms with E-state index in [1.807, 2.05) is 6.07 Å². The van der Waals surface area contributed by atoms with E-state index in [-0.39, 0.29) is 0 Å². The van der Waals surface area contributed by atoms with E-state index in [4.69, 9.17) is 16.6 Å². The van der Waals surface area contributed by atoms with Gasteiger partial charge in [-0.1, -0.05) is 35.5 Å². The Labute approximate surface area is 146 Å². The number of halogens is 1. The van der Waals surface area contributed by atoms with Crippen LogP contribution in [0.25, 0.3) is 0 Å². The smallest absolute Gasteiger partial charge is 0.0772 e. The molecular weight excluding hydrogens is 324 g/mol. The van der Waals surface area contributed by atoms with E-state index < -0.39 is 0 Å². The van der Waals surface area contributed by atoms with Crippen LogP contribution in [0.3, 0.4) is 0 Å². The molecule has 2 heterocycles. The quantitative estimate of drug-likeness (QED) is 0.701. The van der Waals surface area contributed by atoms with Gasteiger partial charge >= 0.3 is 0 Å². The van der Waals surface area contributed by atoms with Gasteiger partial charge in [0.2, 0.25) is 0 Å². The average Bonchev–Trinajstić information content (AvgIpc) is 2.71. The molecule has 4 heteroatoms. The molecule has 1 atom stereocenters. The zero-order valence-corrected chi connectivity index (χ0v) is 14.7. The van der Waals surface area contributed by atoms with Gasteiger partial charge in [0.1, 0.15) is 0 Å². The van der Waals surface area contributed by atoms with Crippen molar-refractivity contribution in [2.24, 2.45) is 10.9 Å². The van der Waals surface area contributed by atoms with E-state index in [0.717, 1.165) is 17.3 Å². The highest BCUT2D eigenvalue weighted by atomic mass is 35.5. The van der Waals surface area contributed by atoms with Crippen LogP contribution in [-0.2, 0) is 0 Å². The number of fused-ring (bicyclic) bond motifs is 2. The number of likely N-dealkylation sites (tertiary alicyclic amines) is 1. The topological polar surface area (TPSA) is 15.6 Å². The van der Waals surface area contributed by atoms with Gasteiger partial charge in [0.05, 0.1) is 11.4 Å². The second-order valence-corrected chi connectivity index (χ2v) is 7.83. The molecule has 1 unspecified atom stereocenters. The minimum Gasteiger partial charge on any atom is -0.306 e. The number of hydrogen-bond acceptors (Lipinski definition) is 3. The van der Waals surface area contributed by atoms with Crippen molar-refractivity contribution >= 4 is 34.8 Å². The Kier molecular flexibility index (Phi) is 4.18. The summed E-state index contributed by atoms with van der Waals surface area (Å²) in [5, 5.41) is 0.784. The van der Waals surface area contributed by atoms with E-state index >= 15 is 0 Å². The second-order valence-electron chi connectivity index (χ2n) is 6.31. The maximum atomic E-state index is 6.30. The molecule has 118 valence electrons. The molecule has 2 aromatic carbocycles. The fraction of sp³-hybridized carbons (Fsp3) is 0.316. The maximum absolute atomic E-state index is 6.30. The Morgan fingerprint density at radius 3 is 2.91 bits per heavy atom. The summed E-state index contributed by atoms with van der Waals surface area (Å²) in [5.74, 6) is 0.470. The van der Waals surface area contributed by atoms with Crippen LogP contribution in [0.1, 0.15) is 18.4 Å². The van der Waals surface area contributed by atoms with Crippen molar-refractivity contribution < 1.29 is 0 Å². The van der Waals surface area contributed by atoms with Crippen LogP contribution < -0.4 is 0 Å². The second kappa shape index (κ2) is 6.31. The first-order chi connectivity index (χ1) is 11.2. The molecule has 0 amide bonds. The first-order valence-corrected chi connectivity index (χ1v) is 9.24. The molecule has 2 aliphatic heterocycles. The predicted octanol–water partition coefficient (Wildman–Crippen LogP) is 5.27. The van der Waals surface area contributed by atoms with Crippen LogP contribution in [0.15, 0.2) is 57.2 Å². The number of benzene rings is 2. The highest BCUT2D eigenvalue weighted by Crippen LogP contribution is 2.42. The zero-order valence-electron chi connectivity index (χ0n) is 13.1. The summed E-state index contributed by atoms with van der Waals surface area (Å²) >= 11 is 8.09. The third-order valence-corrected chi connectivity index (χ3v) is 5.93. The monoisotopic (exact) mass is 342 g/mol. The highest BCUT2D eigenvalue weighted by Gasteiger charge is 2.27. The molecule has 2 nitrogen and oxygen atoms in total. The Hall–Kier alpha value is -1.29.